The summed E-state index contributed by atoms with van der Waals surface area (Å²) in [6.45, 7) is 0.171. The highest BCUT2D eigenvalue weighted by atomic mass is 32.2. The third-order valence-electron chi connectivity index (χ3n) is 3.84. The van der Waals surface area contributed by atoms with Crippen molar-refractivity contribution < 1.29 is 13.5 Å². The van der Waals surface area contributed by atoms with E-state index in [1.54, 1.807) is 0 Å². The number of aliphatic hydroxyl groups is 1. The van der Waals surface area contributed by atoms with Gasteiger partial charge in [-0.3, -0.25) is 0 Å². The lowest BCUT2D eigenvalue weighted by molar-refractivity contribution is 0.0849. The second-order valence-corrected chi connectivity index (χ2v) is 6.93. The van der Waals surface area contributed by atoms with E-state index in [2.05, 4.69) is 0 Å². The van der Waals surface area contributed by atoms with Crippen LogP contribution in [0, 0.1) is 17.8 Å². The van der Waals surface area contributed by atoms with Gasteiger partial charge in [-0.05, 0) is 24.2 Å². The summed E-state index contributed by atoms with van der Waals surface area (Å²) < 4.78 is 22.6. The minimum atomic E-state index is -2.78. The summed E-state index contributed by atoms with van der Waals surface area (Å²) in [6.07, 6.45) is 4.38. The molecule has 0 radical (unpaired) electrons. The Morgan fingerprint density at radius 2 is 1.93 bits per heavy atom. The molecule has 1 aliphatic carbocycles. The minimum absolute atomic E-state index is 0.171. The smallest absolute Gasteiger partial charge is 0.150 e. The molecule has 2 unspecified atom stereocenters. The third kappa shape index (κ3) is 1.96. The molecule has 1 N–H and O–H groups in total. The quantitative estimate of drug-likeness (QED) is 0.763. The van der Waals surface area contributed by atoms with Crippen molar-refractivity contribution in [1.29, 1.82) is 0 Å². The molecule has 3 nitrogen and oxygen atoms in total. The van der Waals surface area contributed by atoms with E-state index in [1.165, 1.54) is 19.3 Å². The standard InChI is InChI=1S/C10H18O3S/c11-6-10(8-2-1-3-8)9-4-5-14(12,13)7-9/h8-11H,1-7H2. The van der Waals surface area contributed by atoms with Gasteiger partial charge in [0.05, 0.1) is 11.5 Å². The minimum Gasteiger partial charge on any atom is -0.396 e. The highest BCUT2D eigenvalue weighted by molar-refractivity contribution is 7.91. The molecule has 2 aliphatic rings. The maximum Gasteiger partial charge on any atom is 0.150 e. The molecule has 14 heavy (non-hydrogen) atoms. The fraction of sp³-hybridized carbons (Fsp3) is 1.00. The number of hydrogen-bond donors (Lipinski definition) is 1. The Labute approximate surface area is 85.4 Å². The Balaban J connectivity index is 1.99. The Morgan fingerprint density at radius 3 is 2.29 bits per heavy atom. The van der Waals surface area contributed by atoms with Gasteiger partial charge >= 0.3 is 0 Å². The van der Waals surface area contributed by atoms with Crippen LogP contribution in [-0.4, -0.2) is 31.6 Å². The molecular weight excluding hydrogens is 200 g/mol. The van der Waals surface area contributed by atoms with Crippen LogP contribution in [-0.2, 0) is 9.84 Å². The lowest BCUT2D eigenvalue weighted by Gasteiger charge is -2.35. The number of sulfone groups is 1. The highest BCUT2D eigenvalue weighted by Gasteiger charge is 2.38. The van der Waals surface area contributed by atoms with Crippen LogP contribution in [0.15, 0.2) is 0 Å². The molecule has 0 spiro atoms. The molecule has 0 aromatic carbocycles. The van der Waals surface area contributed by atoms with Gasteiger partial charge in [-0.1, -0.05) is 19.3 Å². The molecule has 0 bridgehead atoms. The topological polar surface area (TPSA) is 54.4 Å². The summed E-state index contributed by atoms with van der Waals surface area (Å²) in [7, 11) is -2.78. The van der Waals surface area contributed by atoms with Gasteiger partial charge < -0.3 is 5.11 Å². The zero-order valence-corrected chi connectivity index (χ0v) is 9.17. The molecule has 2 atom stereocenters. The molecule has 2 rings (SSSR count). The van der Waals surface area contributed by atoms with Crippen LogP contribution in [0.1, 0.15) is 25.7 Å². The van der Waals surface area contributed by atoms with E-state index in [9.17, 15) is 13.5 Å². The molecule has 1 saturated carbocycles. The van der Waals surface area contributed by atoms with E-state index >= 15 is 0 Å². The largest absolute Gasteiger partial charge is 0.396 e. The second-order valence-electron chi connectivity index (χ2n) is 4.70. The zero-order chi connectivity index (χ0) is 10.2. The first kappa shape index (κ1) is 10.4. The molecule has 2 fully saturated rings. The van der Waals surface area contributed by atoms with E-state index in [-0.39, 0.29) is 18.4 Å². The predicted molar refractivity (Wildman–Crippen MR) is 54.7 cm³/mol. The van der Waals surface area contributed by atoms with Crippen molar-refractivity contribution in [3.63, 3.8) is 0 Å². The van der Waals surface area contributed by atoms with Gasteiger partial charge in [0, 0.05) is 6.61 Å². The van der Waals surface area contributed by atoms with Crippen LogP contribution in [0.5, 0.6) is 0 Å². The monoisotopic (exact) mass is 218 g/mol. The van der Waals surface area contributed by atoms with E-state index in [1.807, 2.05) is 0 Å². The van der Waals surface area contributed by atoms with Gasteiger partial charge in [0.25, 0.3) is 0 Å². The van der Waals surface area contributed by atoms with Crippen LogP contribution in [0.2, 0.25) is 0 Å². The van der Waals surface area contributed by atoms with Gasteiger partial charge in [-0.15, -0.1) is 0 Å². The maximum absolute atomic E-state index is 11.3. The first-order chi connectivity index (χ1) is 6.62. The lowest BCUT2D eigenvalue weighted by Crippen LogP contribution is -2.31. The third-order valence-corrected chi connectivity index (χ3v) is 5.63. The maximum atomic E-state index is 11.3. The van der Waals surface area contributed by atoms with Crippen LogP contribution in [0.4, 0.5) is 0 Å². The first-order valence-corrected chi connectivity index (χ1v) is 7.26. The molecular formula is C10H18O3S. The molecule has 0 amide bonds. The van der Waals surface area contributed by atoms with Crippen LogP contribution < -0.4 is 0 Å². The summed E-state index contributed by atoms with van der Waals surface area (Å²) in [5, 5.41) is 9.30. The molecule has 1 aliphatic heterocycles. The van der Waals surface area contributed by atoms with E-state index in [4.69, 9.17) is 0 Å². The SMILES string of the molecule is O=S1(=O)CCC(C(CO)C2CCC2)C1. The highest BCUT2D eigenvalue weighted by Crippen LogP contribution is 2.40. The molecule has 0 aromatic rings. The van der Waals surface area contributed by atoms with Crippen molar-refractivity contribution in [2.45, 2.75) is 25.7 Å². The Kier molecular flexibility index (Phi) is 2.84. The Morgan fingerprint density at radius 1 is 1.21 bits per heavy atom. The summed E-state index contributed by atoms with van der Waals surface area (Å²) in [4.78, 5) is 0. The normalized spacial score (nSPS) is 33.9. The average molecular weight is 218 g/mol. The van der Waals surface area contributed by atoms with Crippen molar-refractivity contribution in [3.05, 3.63) is 0 Å². The summed E-state index contributed by atoms with van der Waals surface area (Å²) in [5.41, 5.74) is 0. The summed E-state index contributed by atoms with van der Waals surface area (Å²) in [6, 6.07) is 0. The first-order valence-electron chi connectivity index (χ1n) is 5.43. The van der Waals surface area contributed by atoms with Gasteiger partial charge in [0.2, 0.25) is 0 Å². The fourth-order valence-corrected chi connectivity index (χ4v) is 4.61. The lowest BCUT2D eigenvalue weighted by atomic mass is 9.71. The number of rotatable bonds is 3. The van der Waals surface area contributed by atoms with E-state index in [0.29, 0.717) is 17.4 Å². The average Bonchev–Trinajstić information content (AvgIpc) is 2.37. The Hall–Kier alpha value is -0.0900. The van der Waals surface area contributed by atoms with Crippen LogP contribution >= 0.6 is 0 Å². The molecule has 0 aromatic heterocycles. The van der Waals surface area contributed by atoms with Crippen molar-refractivity contribution in [3.8, 4) is 0 Å². The van der Waals surface area contributed by atoms with Crippen LogP contribution in [0.25, 0.3) is 0 Å². The second kappa shape index (κ2) is 3.81. The van der Waals surface area contributed by atoms with E-state index in [0.717, 1.165) is 6.42 Å². The summed E-state index contributed by atoms with van der Waals surface area (Å²) >= 11 is 0. The van der Waals surface area contributed by atoms with Gasteiger partial charge in [-0.2, -0.15) is 0 Å². The predicted octanol–water partition coefficient (Wildman–Crippen LogP) is 0.830. The summed E-state index contributed by atoms with van der Waals surface area (Å²) in [5.74, 6) is 1.73. The van der Waals surface area contributed by atoms with Crippen molar-refractivity contribution in [2.75, 3.05) is 18.1 Å². The molecule has 1 saturated heterocycles. The van der Waals surface area contributed by atoms with Crippen molar-refractivity contribution in [2.24, 2.45) is 17.8 Å². The van der Waals surface area contributed by atoms with E-state index < -0.39 is 9.84 Å². The molecule has 4 heteroatoms. The molecule has 82 valence electrons. The van der Waals surface area contributed by atoms with Gasteiger partial charge in [0.15, 0.2) is 9.84 Å². The Bertz CT molecular complexity index is 292. The van der Waals surface area contributed by atoms with Crippen LogP contribution in [0.3, 0.4) is 0 Å². The van der Waals surface area contributed by atoms with Crippen molar-refractivity contribution in [1.82, 2.24) is 0 Å². The zero-order valence-electron chi connectivity index (χ0n) is 8.35. The van der Waals surface area contributed by atoms with Gasteiger partial charge in [0.1, 0.15) is 0 Å². The molecule has 1 heterocycles. The van der Waals surface area contributed by atoms with Gasteiger partial charge in [-0.25, -0.2) is 8.42 Å². The number of hydrogen-bond acceptors (Lipinski definition) is 3. The van der Waals surface area contributed by atoms with Crippen molar-refractivity contribution >= 4 is 9.84 Å². The fourth-order valence-electron chi connectivity index (χ4n) is 2.71. The number of aliphatic hydroxyl groups excluding tert-OH is 1.